The van der Waals surface area contributed by atoms with Crippen LogP contribution in [0.3, 0.4) is 0 Å². The summed E-state index contributed by atoms with van der Waals surface area (Å²) < 4.78 is 0. The third-order valence-corrected chi connectivity index (χ3v) is 1.76. The van der Waals surface area contributed by atoms with Crippen molar-refractivity contribution in [2.24, 2.45) is 11.5 Å². The van der Waals surface area contributed by atoms with E-state index in [1.807, 2.05) is 24.3 Å². The Labute approximate surface area is 72.6 Å². The highest BCUT2D eigenvalue weighted by Crippen LogP contribution is 2.09. The Hall–Kier alpha value is -1.30. The number of hydrogen-bond donors (Lipinski definition) is 2. The Kier molecular flexibility index (Phi) is 2.87. The van der Waals surface area contributed by atoms with Gasteiger partial charge in [-0.2, -0.15) is 0 Å². The maximum Gasteiger partial charge on any atom is 0.0419 e. The molecule has 0 aliphatic carbocycles. The molecule has 62 valence electrons. The normalized spacial score (nSPS) is 12.1. The molecule has 0 aliphatic rings. The Morgan fingerprint density at radius 2 is 1.92 bits per heavy atom. The van der Waals surface area contributed by atoms with Crippen LogP contribution in [-0.4, -0.2) is 6.54 Å². The Bertz CT molecular complexity index is 282. The average molecular weight is 160 g/mol. The predicted molar refractivity (Wildman–Crippen MR) is 50.4 cm³/mol. The van der Waals surface area contributed by atoms with Crippen LogP contribution in [0.15, 0.2) is 24.3 Å². The van der Waals surface area contributed by atoms with Gasteiger partial charge in [0.05, 0.1) is 0 Å². The Balaban J connectivity index is 2.86. The van der Waals surface area contributed by atoms with Crippen LogP contribution in [0.2, 0.25) is 0 Å². The largest absolute Gasteiger partial charge is 0.329 e. The van der Waals surface area contributed by atoms with Crippen molar-refractivity contribution in [2.75, 3.05) is 6.54 Å². The first-order valence-electron chi connectivity index (χ1n) is 3.80. The smallest absolute Gasteiger partial charge is 0.0419 e. The molecule has 0 bridgehead atoms. The number of hydrogen-bond acceptors (Lipinski definition) is 2. The highest BCUT2D eigenvalue weighted by Gasteiger charge is 2.01. The van der Waals surface area contributed by atoms with Gasteiger partial charge in [-0.05, 0) is 17.7 Å². The van der Waals surface area contributed by atoms with Gasteiger partial charge in [0.25, 0.3) is 0 Å². The summed E-state index contributed by atoms with van der Waals surface area (Å²) in [5.74, 6) is 2.54. The lowest BCUT2D eigenvalue weighted by molar-refractivity contribution is 0.737. The van der Waals surface area contributed by atoms with Crippen LogP contribution >= 0.6 is 0 Å². The zero-order valence-electron chi connectivity index (χ0n) is 6.83. The van der Waals surface area contributed by atoms with Gasteiger partial charge in [0, 0.05) is 18.2 Å². The highest BCUT2D eigenvalue weighted by molar-refractivity contribution is 5.35. The lowest BCUT2D eigenvalue weighted by atomic mass is 10.1. The van der Waals surface area contributed by atoms with Crippen molar-refractivity contribution in [1.29, 1.82) is 0 Å². The number of terminal acetylenes is 1. The van der Waals surface area contributed by atoms with Crippen LogP contribution in [0.25, 0.3) is 0 Å². The van der Waals surface area contributed by atoms with Crippen molar-refractivity contribution in [2.45, 2.75) is 6.04 Å². The van der Waals surface area contributed by atoms with Crippen molar-refractivity contribution < 1.29 is 0 Å². The van der Waals surface area contributed by atoms with Crippen LogP contribution in [0, 0.1) is 12.3 Å². The molecule has 0 unspecified atom stereocenters. The van der Waals surface area contributed by atoms with Gasteiger partial charge >= 0.3 is 0 Å². The maximum atomic E-state index is 5.71. The summed E-state index contributed by atoms with van der Waals surface area (Å²) in [5, 5.41) is 0. The molecule has 0 fully saturated rings. The van der Waals surface area contributed by atoms with Gasteiger partial charge in [-0.15, -0.1) is 6.42 Å². The lowest BCUT2D eigenvalue weighted by Gasteiger charge is -2.07. The van der Waals surface area contributed by atoms with Gasteiger partial charge in [0.1, 0.15) is 0 Å². The van der Waals surface area contributed by atoms with E-state index < -0.39 is 0 Å². The molecule has 0 saturated carbocycles. The molecule has 1 rings (SSSR count). The van der Waals surface area contributed by atoms with Crippen molar-refractivity contribution in [1.82, 2.24) is 0 Å². The Morgan fingerprint density at radius 1 is 1.33 bits per heavy atom. The van der Waals surface area contributed by atoms with Crippen LogP contribution < -0.4 is 11.5 Å². The standard InChI is InChI=1S/C10H12N2/c1-2-8-3-5-9(6-4-8)10(12)7-11/h1,3-6,10H,7,11-12H2/t10-/m0/s1. The lowest BCUT2D eigenvalue weighted by Crippen LogP contribution is -2.20. The minimum atomic E-state index is -0.0863. The van der Waals surface area contributed by atoms with Gasteiger partial charge in [0.2, 0.25) is 0 Å². The zero-order valence-corrected chi connectivity index (χ0v) is 6.83. The van der Waals surface area contributed by atoms with Gasteiger partial charge in [-0.3, -0.25) is 0 Å². The van der Waals surface area contributed by atoms with Crippen LogP contribution in [0.1, 0.15) is 17.2 Å². The third-order valence-electron chi connectivity index (χ3n) is 1.76. The topological polar surface area (TPSA) is 52.0 Å². The molecule has 4 N–H and O–H groups in total. The maximum absolute atomic E-state index is 5.71. The van der Waals surface area contributed by atoms with Crippen molar-refractivity contribution in [3.05, 3.63) is 35.4 Å². The van der Waals surface area contributed by atoms with Crippen LogP contribution in [-0.2, 0) is 0 Å². The number of nitrogens with two attached hydrogens (primary N) is 2. The minimum Gasteiger partial charge on any atom is -0.329 e. The summed E-state index contributed by atoms with van der Waals surface area (Å²) in [6, 6.07) is 7.46. The van der Waals surface area contributed by atoms with Crippen molar-refractivity contribution in [3.63, 3.8) is 0 Å². The first-order chi connectivity index (χ1) is 5.77. The third kappa shape index (κ3) is 1.85. The van der Waals surface area contributed by atoms with E-state index in [2.05, 4.69) is 5.92 Å². The molecule has 2 heteroatoms. The molecule has 1 aromatic carbocycles. The number of rotatable bonds is 2. The van der Waals surface area contributed by atoms with Crippen LogP contribution in [0.5, 0.6) is 0 Å². The van der Waals surface area contributed by atoms with Gasteiger partial charge in [-0.25, -0.2) is 0 Å². The van der Waals surface area contributed by atoms with Gasteiger partial charge < -0.3 is 11.5 Å². The predicted octanol–water partition coefficient (Wildman–Crippen LogP) is 0.626. The summed E-state index contributed by atoms with van der Waals surface area (Å²) in [5.41, 5.74) is 13.0. The first-order valence-corrected chi connectivity index (χ1v) is 3.80. The van der Waals surface area contributed by atoms with E-state index in [9.17, 15) is 0 Å². The molecule has 0 spiro atoms. The van der Waals surface area contributed by atoms with E-state index >= 15 is 0 Å². The van der Waals surface area contributed by atoms with E-state index in [0.717, 1.165) is 11.1 Å². The second-order valence-corrected chi connectivity index (χ2v) is 2.61. The molecule has 0 amide bonds. The summed E-state index contributed by atoms with van der Waals surface area (Å²) >= 11 is 0. The Morgan fingerprint density at radius 3 is 2.33 bits per heavy atom. The van der Waals surface area contributed by atoms with E-state index in [0.29, 0.717) is 6.54 Å². The molecule has 0 aromatic heterocycles. The molecule has 1 atom stereocenters. The number of benzene rings is 1. The molecular formula is C10H12N2. The fourth-order valence-corrected chi connectivity index (χ4v) is 0.963. The summed E-state index contributed by atoms with van der Waals surface area (Å²) in [4.78, 5) is 0. The molecule has 0 aliphatic heterocycles. The molecule has 1 aromatic rings. The zero-order chi connectivity index (χ0) is 8.97. The fraction of sp³-hybridized carbons (Fsp3) is 0.200. The molecule has 0 saturated heterocycles. The van der Waals surface area contributed by atoms with Gasteiger partial charge in [-0.1, -0.05) is 18.1 Å². The monoisotopic (exact) mass is 160 g/mol. The molecular weight excluding hydrogens is 148 g/mol. The molecule has 12 heavy (non-hydrogen) atoms. The van der Waals surface area contributed by atoms with E-state index in [1.165, 1.54) is 0 Å². The van der Waals surface area contributed by atoms with Crippen LogP contribution in [0.4, 0.5) is 0 Å². The molecule has 0 heterocycles. The summed E-state index contributed by atoms with van der Waals surface area (Å²) in [7, 11) is 0. The van der Waals surface area contributed by atoms with Gasteiger partial charge in [0.15, 0.2) is 0 Å². The first kappa shape index (κ1) is 8.79. The molecule has 0 radical (unpaired) electrons. The highest BCUT2D eigenvalue weighted by atomic mass is 14.7. The van der Waals surface area contributed by atoms with Crippen molar-refractivity contribution in [3.8, 4) is 12.3 Å². The second kappa shape index (κ2) is 3.91. The minimum absolute atomic E-state index is 0.0863. The van der Waals surface area contributed by atoms with Crippen molar-refractivity contribution >= 4 is 0 Å². The second-order valence-electron chi connectivity index (χ2n) is 2.61. The van der Waals surface area contributed by atoms with E-state index in [1.54, 1.807) is 0 Å². The summed E-state index contributed by atoms with van der Waals surface area (Å²) in [6.07, 6.45) is 5.20. The van der Waals surface area contributed by atoms with E-state index in [-0.39, 0.29) is 6.04 Å². The fourth-order valence-electron chi connectivity index (χ4n) is 0.963. The average Bonchev–Trinajstić information content (AvgIpc) is 2.17. The molecule has 2 nitrogen and oxygen atoms in total. The SMILES string of the molecule is C#Cc1ccc([C@@H](N)CN)cc1. The van der Waals surface area contributed by atoms with E-state index in [4.69, 9.17) is 17.9 Å². The quantitative estimate of drug-likeness (QED) is 0.623. The summed E-state index contributed by atoms with van der Waals surface area (Å²) in [6.45, 7) is 0.454.